The topological polar surface area (TPSA) is 105 Å². The summed E-state index contributed by atoms with van der Waals surface area (Å²) in [5.74, 6) is -0.498. The molecule has 5 atom stereocenters. The molecule has 0 bridgehead atoms. The van der Waals surface area contributed by atoms with Crippen molar-refractivity contribution in [2.45, 2.75) is 43.6 Å². The fourth-order valence-corrected chi connectivity index (χ4v) is 2.10. The molecule has 1 aromatic heterocycles. The third kappa shape index (κ3) is 3.46. The number of ether oxygens (including phenoxy) is 2. The first kappa shape index (κ1) is 16.9. The first-order chi connectivity index (χ1) is 10.2. The van der Waals surface area contributed by atoms with E-state index in [1.807, 2.05) is 0 Å². The van der Waals surface area contributed by atoms with Crippen molar-refractivity contribution in [2.24, 2.45) is 0 Å². The minimum absolute atomic E-state index is 0.498. The molecule has 0 spiro atoms. The van der Waals surface area contributed by atoms with E-state index in [2.05, 4.69) is 9.97 Å². The molecule has 0 aliphatic carbocycles. The largest absolute Gasteiger partial charge is 0.467 e. The van der Waals surface area contributed by atoms with Crippen molar-refractivity contribution in [2.75, 3.05) is 6.61 Å². The van der Waals surface area contributed by atoms with E-state index < -0.39 is 54.9 Å². The zero-order chi connectivity index (χ0) is 16.5. The standard InChI is InChI=1S/C12H15F3N2O5/c1-5-9(19)10(20)11(6(4-18)21-5)22-8-3-16-2-7(17-8)12(13,14)15/h2-3,5-6,9-11,18-20H,4H2,1H3/t5-,6-,9+,10+,11+/m1/s1. The zero-order valence-corrected chi connectivity index (χ0v) is 11.4. The molecule has 1 saturated heterocycles. The Morgan fingerprint density at radius 2 is 1.95 bits per heavy atom. The van der Waals surface area contributed by atoms with E-state index in [9.17, 15) is 28.5 Å². The van der Waals surface area contributed by atoms with Crippen LogP contribution in [0, 0.1) is 0 Å². The molecule has 0 unspecified atom stereocenters. The third-order valence-corrected chi connectivity index (χ3v) is 3.26. The fraction of sp³-hybridized carbons (Fsp3) is 0.667. The van der Waals surface area contributed by atoms with Crippen LogP contribution in [0.3, 0.4) is 0 Å². The van der Waals surface area contributed by atoms with Crippen molar-refractivity contribution in [3.8, 4) is 5.88 Å². The highest BCUT2D eigenvalue weighted by Gasteiger charge is 2.44. The van der Waals surface area contributed by atoms with Gasteiger partial charge in [0.25, 0.3) is 0 Å². The SMILES string of the molecule is C[C@H]1O[C@H](CO)[C@H](Oc2cncc(C(F)(F)F)n2)[C@@H](O)[C@H]1O. The minimum atomic E-state index is -4.70. The molecule has 10 heteroatoms. The lowest BCUT2D eigenvalue weighted by molar-refractivity contribution is -0.218. The van der Waals surface area contributed by atoms with Gasteiger partial charge in [0.1, 0.15) is 18.3 Å². The molecule has 0 aromatic carbocycles. The average Bonchev–Trinajstić information content (AvgIpc) is 2.47. The van der Waals surface area contributed by atoms with Gasteiger partial charge in [-0.25, -0.2) is 4.98 Å². The highest BCUT2D eigenvalue weighted by molar-refractivity contribution is 5.12. The van der Waals surface area contributed by atoms with Gasteiger partial charge in [0.05, 0.1) is 25.1 Å². The van der Waals surface area contributed by atoms with Gasteiger partial charge in [-0.1, -0.05) is 0 Å². The number of hydrogen-bond acceptors (Lipinski definition) is 7. The van der Waals surface area contributed by atoms with Crippen LogP contribution in [0.1, 0.15) is 12.6 Å². The molecule has 0 saturated carbocycles. The van der Waals surface area contributed by atoms with Gasteiger partial charge in [-0.05, 0) is 6.92 Å². The predicted molar refractivity (Wildman–Crippen MR) is 64.9 cm³/mol. The van der Waals surface area contributed by atoms with E-state index in [4.69, 9.17) is 9.47 Å². The molecule has 2 heterocycles. The van der Waals surface area contributed by atoms with Crippen LogP contribution < -0.4 is 4.74 Å². The Kier molecular flexibility index (Phi) is 4.85. The summed E-state index contributed by atoms with van der Waals surface area (Å²) in [5.41, 5.74) is -1.26. The molecule has 22 heavy (non-hydrogen) atoms. The predicted octanol–water partition coefficient (Wildman–Crippen LogP) is -0.256. The lowest BCUT2D eigenvalue weighted by atomic mass is 9.96. The van der Waals surface area contributed by atoms with Crippen molar-refractivity contribution in [1.82, 2.24) is 9.97 Å². The van der Waals surface area contributed by atoms with Gasteiger partial charge in [-0.15, -0.1) is 0 Å². The normalized spacial score (nSPS) is 32.8. The summed E-state index contributed by atoms with van der Waals surface area (Å²) in [6.07, 6.45) is -9.08. The van der Waals surface area contributed by atoms with Gasteiger partial charge < -0.3 is 24.8 Å². The van der Waals surface area contributed by atoms with Crippen LogP contribution in [0.4, 0.5) is 13.2 Å². The second-order valence-corrected chi connectivity index (χ2v) is 4.87. The molecule has 1 aliphatic rings. The van der Waals surface area contributed by atoms with Gasteiger partial charge >= 0.3 is 6.18 Å². The summed E-state index contributed by atoms with van der Waals surface area (Å²) in [5, 5.41) is 28.9. The monoisotopic (exact) mass is 324 g/mol. The van der Waals surface area contributed by atoms with E-state index >= 15 is 0 Å². The number of aliphatic hydroxyl groups is 3. The molecule has 1 fully saturated rings. The van der Waals surface area contributed by atoms with Gasteiger partial charge in [-0.3, -0.25) is 4.98 Å². The molecule has 124 valence electrons. The Morgan fingerprint density at radius 3 is 2.55 bits per heavy atom. The van der Waals surface area contributed by atoms with Gasteiger partial charge in [-0.2, -0.15) is 13.2 Å². The Hall–Kier alpha value is -1.49. The summed E-state index contributed by atoms with van der Waals surface area (Å²) in [4.78, 5) is 6.62. The maximum atomic E-state index is 12.6. The maximum absolute atomic E-state index is 12.6. The highest BCUT2D eigenvalue weighted by Crippen LogP contribution is 2.29. The van der Waals surface area contributed by atoms with Crippen molar-refractivity contribution < 1.29 is 38.0 Å². The lowest BCUT2D eigenvalue weighted by Gasteiger charge is -2.40. The van der Waals surface area contributed by atoms with Crippen LogP contribution in [-0.2, 0) is 10.9 Å². The van der Waals surface area contributed by atoms with E-state index in [0.29, 0.717) is 6.20 Å². The maximum Gasteiger partial charge on any atom is 0.435 e. The van der Waals surface area contributed by atoms with E-state index in [1.165, 1.54) is 6.92 Å². The van der Waals surface area contributed by atoms with Gasteiger partial charge in [0.15, 0.2) is 11.8 Å². The Morgan fingerprint density at radius 1 is 1.27 bits per heavy atom. The molecular formula is C12H15F3N2O5. The van der Waals surface area contributed by atoms with Crippen molar-refractivity contribution in [3.63, 3.8) is 0 Å². The van der Waals surface area contributed by atoms with Crippen molar-refractivity contribution >= 4 is 0 Å². The minimum Gasteiger partial charge on any atom is -0.467 e. The first-order valence-corrected chi connectivity index (χ1v) is 6.42. The van der Waals surface area contributed by atoms with E-state index in [0.717, 1.165) is 6.20 Å². The number of nitrogens with zero attached hydrogens (tertiary/aromatic N) is 2. The van der Waals surface area contributed by atoms with Crippen LogP contribution in [0.15, 0.2) is 12.4 Å². The number of aliphatic hydroxyl groups excluding tert-OH is 3. The summed E-state index contributed by atoms with van der Waals surface area (Å²) in [7, 11) is 0. The number of hydrogen-bond donors (Lipinski definition) is 3. The molecule has 2 rings (SSSR count). The quantitative estimate of drug-likeness (QED) is 0.704. The molecule has 1 aliphatic heterocycles. The first-order valence-electron chi connectivity index (χ1n) is 6.42. The van der Waals surface area contributed by atoms with Gasteiger partial charge in [0, 0.05) is 0 Å². The molecule has 0 amide bonds. The average molecular weight is 324 g/mol. The summed E-state index contributed by atoms with van der Waals surface area (Å²) in [6.45, 7) is 0.933. The number of rotatable bonds is 3. The van der Waals surface area contributed by atoms with Crippen LogP contribution in [0.2, 0.25) is 0 Å². The number of alkyl halides is 3. The molecule has 0 radical (unpaired) electrons. The van der Waals surface area contributed by atoms with Crippen molar-refractivity contribution in [3.05, 3.63) is 18.1 Å². The van der Waals surface area contributed by atoms with Crippen LogP contribution in [0.25, 0.3) is 0 Å². The summed E-state index contributed by atoms with van der Waals surface area (Å²) < 4.78 is 48.1. The fourth-order valence-electron chi connectivity index (χ4n) is 2.10. The third-order valence-electron chi connectivity index (χ3n) is 3.26. The van der Waals surface area contributed by atoms with Crippen LogP contribution in [0.5, 0.6) is 5.88 Å². The van der Waals surface area contributed by atoms with E-state index in [1.54, 1.807) is 0 Å². The zero-order valence-electron chi connectivity index (χ0n) is 11.4. The second kappa shape index (κ2) is 6.32. The van der Waals surface area contributed by atoms with Crippen LogP contribution in [-0.4, -0.2) is 62.4 Å². The highest BCUT2D eigenvalue weighted by atomic mass is 19.4. The lowest BCUT2D eigenvalue weighted by Crippen LogP contribution is -2.59. The smallest absolute Gasteiger partial charge is 0.435 e. The Balaban J connectivity index is 2.21. The summed E-state index contributed by atoms with van der Waals surface area (Å²) in [6, 6.07) is 0. The van der Waals surface area contributed by atoms with Crippen molar-refractivity contribution in [1.29, 1.82) is 0 Å². The molecule has 1 aromatic rings. The number of aromatic nitrogens is 2. The Bertz CT molecular complexity index is 514. The van der Waals surface area contributed by atoms with Crippen LogP contribution >= 0.6 is 0 Å². The molecule has 7 nitrogen and oxygen atoms in total. The van der Waals surface area contributed by atoms with E-state index in [-0.39, 0.29) is 0 Å². The second-order valence-electron chi connectivity index (χ2n) is 4.87. The summed E-state index contributed by atoms with van der Waals surface area (Å²) >= 11 is 0. The molecule has 3 N–H and O–H groups in total. The molecular weight excluding hydrogens is 309 g/mol. The number of halogens is 3. The Labute approximate surface area is 123 Å². The van der Waals surface area contributed by atoms with Gasteiger partial charge in [0.2, 0.25) is 5.88 Å².